The van der Waals surface area contributed by atoms with Crippen LogP contribution in [-0.2, 0) is 4.74 Å². The molecule has 6 atom stereocenters. The molecule has 128 valence electrons. The predicted molar refractivity (Wildman–Crippen MR) is 93.0 cm³/mol. The average molecular weight is 308 g/mol. The fourth-order valence-corrected chi connectivity index (χ4v) is 5.70. The molecule has 0 spiro atoms. The third-order valence-corrected chi connectivity index (χ3v) is 6.45. The summed E-state index contributed by atoms with van der Waals surface area (Å²) in [6.45, 7) is 10.5. The molecular weight excluding hydrogens is 270 g/mol. The molecule has 22 heavy (non-hydrogen) atoms. The van der Waals surface area contributed by atoms with Gasteiger partial charge < -0.3 is 4.74 Å². The number of hydrogen-bond acceptors (Lipinski definition) is 2. The van der Waals surface area contributed by atoms with Crippen LogP contribution >= 0.6 is 0 Å². The van der Waals surface area contributed by atoms with E-state index < -0.39 is 0 Å². The van der Waals surface area contributed by atoms with Crippen molar-refractivity contribution in [2.24, 2.45) is 23.7 Å². The molecule has 0 aromatic heterocycles. The zero-order valence-electron chi connectivity index (χ0n) is 15.1. The first kappa shape index (κ1) is 16.8. The number of hydrogen-bond donors (Lipinski definition) is 0. The van der Waals surface area contributed by atoms with Crippen LogP contribution in [0, 0.1) is 23.7 Å². The van der Waals surface area contributed by atoms with E-state index in [-0.39, 0.29) is 0 Å². The Morgan fingerprint density at radius 3 is 2.36 bits per heavy atom. The van der Waals surface area contributed by atoms with Gasteiger partial charge in [0.1, 0.15) is 0 Å². The van der Waals surface area contributed by atoms with E-state index in [4.69, 9.17) is 4.74 Å². The van der Waals surface area contributed by atoms with Gasteiger partial charge >= 0.3 is 0 Å². The molecule has 2 saturated carbocycles. The number of ether oxygens (including phenoxy) is 1. The first-order chi connectivity index (χ1) is 10.6. The molecule has 2 heteroatoms. The second-order valence-corrected chi connectivity index (χ2v) is 8.80. The fourth-order valence-electron chi connectivity index (χ4n) is 5.70. The molecule has 0 aromatic carbocycles. The van der Waals surface area contributed by atoms with Crippen LogP contribution in [0.3, 0.4) is 0 Å². The van der Waals surface area contributed by atoms with E-state index in [1.807, 2.05) is 0 Å². The first-order valence-corrected chi connectivity index (χ1v) is 9.98. The van der Waals surface area contributed by atoms with Crippen molar-refractivity contribution in [1.82, 2.24) is 4.90 Å². The van der Waals surface area contributed by atoms with Crippen LogP contribution in [0.4, 0.5) is 0 Å². The van der Waals surface area contributed by atoms with E-state index in [1.54, 1.807) is 6.42 Å². The molecule has 2 nitrogen and oxygen atoms in total. The minimum atomic E-state index is 0.411. The van der Waals surface area contributed by atoms with Gasteiger partial charge in [-0.15, -0.1) is 0 Å². The molecule has 1 aliphatic heterocycles. The van der Waals surface area contributed by atoms with E-state index in [9.17, 15) is 0 Å². The summed E-state index contributed by atoms with van der Waals surface area (Å²) in [5.41, 5.74) is 0. The summed E-state index contributed by atoms with van der Waals surface area (Å²) in [5, 5.41) is 0. The zero-order chi connectivity index (χ0) is 15.5. The number of rotatable bonds is 4. The van der Waals surface area contributed by atoms with Gasteiger partial charge in [-0.3, -0.25) is 4.90 Å². The summed E-state index contributed by atoms with van der Waals surface area (Å²) < 4.78 is 5.87. The lowest BCUT2D eigenvalue weighted by molar-refractivity contribution is -0.0717. The van der Waals surface area contributed by atoms with Gasteiger partial charge in [-0.25, -0.2) is 0 Å². The van der Waals surface area contributed by atoms with Gasteiger partial charge in [0.05, 0.1) is 12.2 Å². The van der Waals surface area contributed by atoms with Crippen LogP contribution in [0.1, 0.15) is 72.1 Å². The maximum atomic E-state index is 5.87. The Morgan fingerprint density at radius 2 is 1.64 bits per heavy atom. The highest BCUT2D eigenvalue weighted by molar-refractivity contribution is 4.84. The number of morpholine rings is 1. The maximum absolute atomic E-state index is 5.87. The Balaban J connectivity index is 1.42. The molecule has 0 N–H and O–H groups in total. The summed E-state index contributed by atoms with van der Waals surface area (Å²) in [7, 11) is 0. The van der Waals surface area contributed by atoms with Crippen molar-refractivity contribution in [1.29, 1.82) is 0 Å². The monoisotopic (exact) mass is 307 g/mol. The average Bonchev–Trinajstić information content (AvgIpc) is 2.45. The van der Waals surface area contributed by atoms with Crippen LogP contribution in [0.2, 0.25) is 0 Å². The van der Waals surface area contributed by atoms with Crippen molar-refractivity contribution < 1.29 is 4.74 Å². The van der Waals surface area contributed by atoms with Gasteiger partial charge in [0.2, 0.25) is 0 Å². The Kier molecular flexibility index (Phi) is 5.84. The second kappa shape index (κ2) is 7.66. The third-order valence-electron chi connectivity index (χ3n) is 6.45. The molecule has 0 aromatic rings. The summed E-state index contributed by atoms with van der Waals surface area (Å²) in [4.78, 5) is 2.65. The minimum Gasteiger partial charge on any atom is -0.373 e. The van der Waals surface area contributed by atoms with Crippen molar-refractivity contribution in [3.63, 3.8) is 0 Å². The lowest BCUT2D eigenvalue weighted by atomic mass is 9.66. The van der Waals surface area contributed by atoms with Crippen molar-refractivity contribution >= 4 is 0 Å². The molecule has 3 aliphatic rings. The number of nitrogens with zero attached hydrogens (tertiary/aromatic N) is 1. The molecule has 2 aliphatic carbocycles. The Hall–Kier alpha value is -0.0800. The van der Waals surface area contributed by atoms with Gasteiger partial charge in [0, 0.05) is 19.6 Å². The van der Waals surface area contributed by atoms with Gasteiger partial charge in [0.25, 0.3) is 0 Å². The second-order valence-electron chi connectivity index (χ2n) is 8.80. The molecule has 0 bridgehead atoms. The normalized spacial score (nSPS) is 41.9. The Bertz CT molecular complexity index is 335. The molecule has 3 fully saturated rings. The SMILES string of the molecule is CC(CC1CCC2CCCCC2C1)CN1C[C@@H](C)O[C@@H](C)C1. The van der Waals surface area contributed by atoms with E-state index in [1.165, 1.54) is 51.5 Å². The van der Waals surface area contributed by atoms with Crippen LogP contribution in [0.15, 0.2) is 0 Å². The van der Waals surface area contributed by atoms with Crippen molar-refractivity contribution in [2.45, 2.75) is 84.3 Å². The smallest absolute Gasteiger partial charge is 0.0678 e. The van der Waals surface area contributed by atoms with Crippen molar-refractivity contribution in [2.75, 3.05) is 19.6 Å². The van der Waals surface area contributed by atoms with Gasteiger partial charge in [0.15, 0.2) is 0 Å². The standard InChI is InChI=1S/C20H37NO/c1-15(12-21-13-16(2)22-17(3)14-21)10-18-8-9-19-6-4-5-7-20(19)11-18/h15-20H,4-14H2,1-3H3/t15?,16-,17+,18?,19?,20?. The Morgan fingerprint density at radius 1 is 0.955 bits per heavy atom. The van der Waals surface area contributed by atoms with Gasteiger partial charge in [-0.2, -0.15) is 0 Å². The largest absolute Gasteiger partial charge is 0.373 e. The van der Waals surface area contributed by atoms with E-state index in [2.05, 4.69) is 25.7 Å². The van der Waals surface area contributed by atoms with Gasteiger partial charge in [-0.1, -0.05) is 39.0 Å². The molecule has 0 radical (unpaired) electrons. The number of fused-ring (bicyclic) bond motifs is 1. The van der Waals surface area contributed by atoms with E-state index in [0.717, 1.165) is 36.8 Å². The topological polar surface area (TPSA) is 12.5 Å². The lowest BCUT2D eigenvalue weighted by Gasteiger charge is -2.41. The zero-order valence-corrected chi connectivity index (χ0v) is 15.1. The fraction of sp³-hybridized carbons (Fsp3) is 1.00. The van der Waals surface area contributed by atoms with Crippen molar-refractivity contribution in [3.05, 3.63) is 0 Å². The highest BCUT2D eigenvalue weighted by Crippen LogP contribution is 2.44. The van der Waals surface area contributed by atoms with Crippen molar-refractivity contribution in [3.8, 4) is 0 Å². The van der Waals surface area contributed by atoms with Gasteiger partial charge in [-0.05, 0) is 56.8 Å². The third kappa shape index (κ3) is 4.47. The quantitative estimate of drug-likeness (QED) is 0.744. The Labute approximate surface area is 138 Å². The molecule has 1 saturated heterocycles. The summed E-state index contributed by atoms with van der Waals surface area (Å²) in [6.07, 6.45) is 13.0. The van der Waals surface area contributed by atoms with E-state index >= 15 is 0 Å². The highest BCUT2D eigenvalue weighted by atomic mass is 16.5. The molecule has 0 amide bonds. The van der Waals surface area contributed by atoms with Crippen LogP contribution in [0.25, 0.3) is 0 Å². The summed E-state index contributed by atoms with van der Waals surface area (Å²) in [5.74, 6) is 4.05. The van der Waals surface area contributed by atoms with Crippen LogP contribution in [-0.4, -0.2) is 36.7 Å². The predicted octanol–water partition coefficient (Wildman–Crippen LogP) is 4.73. The molecule has 1 heterocycles. The summed E-state index contributed by atoms with van der Waals surface area (Å²) in [6, 6.07) is 0. The first-order valence-electron chi connectivity index (χ1n) is 9.98. The highest BCUT2D eigenvalue weighted by Gasteiger charge is 2.33. The minimum absolute atomic E-state index is 0.411. The van der Waals surface area contributed by atoms with Crippen LogP contribution < -0.4 is 0 Å². The molecule has 3 rings (SSSR count). The summed E-state index contributed by atoms with van der Waals surface area (Å²) >= 11 is 0. The maximum Gasteiger partial charge on any atom is 0.0678 e. The molecule has 4 unspecified atom stereocenters. The lowest BCUT2D eigenvalue weighted by Crippen LogP contribution is -2.47. The molecular formula is C20H37NO. The van der Waals surface area contributed by atoms with Crippen LogP contribution in [0.5, 0.6) is 0 Å². The van der Waals surface area contributed by atoms with E-state index in [0.29, 0.717) is 12.2 Å².